The maximum absolute atomic E-state index is 4.47. The fourth-order valence-corrected chi connectivity index (χ4v) is 2.22. The Morgan fingerprint density at radius 3 is 3.14 bits per heavy atom. The van der Waals surface area contributed by atoms with Crippen molar-refractivity contribution in [2.24, 2.45) is 4.99 Å². The standard InChI is InChI=1S/C12H12N2/c1-8-9-2-3-12-11(5-7-14-12)10(9)4-6-13-8/h2-3,5,7,14H,4,6H2,1H3. The molecular formula is C12H12N2. The summed E-state index contributed by atoms with van der Waals surface area (Å²) in [6.07, 6.45) is 3.08. The molecule has 2 aromatic rings. The monoisotopic (exact) mass is 184 g/mol. The van der Waals surface area contributed by atoms with Crippen molar-refractivity contribution in [2.75, 3.05) is 6.54 Å². The minimum atomic E-state index is 0.934. The van der Waals surface area contributed by atoms with E-state index in [0.717, 1.165) is 13.0 Å². The van der Waals surface area contributed by atoms with Gasteiger partial charge in [-0.3, -0.25) is 4.99 Å². The summed E-state index contributed by atoms with van der Waals surface area (Å²) in [7, 11) is 0. The lowest BCUT2D eigenvalue weighted by Gasteiger charge is -2.14. The molecule has 1 aliphatic heterocycles. The van der Waals surface area contributed by atoms with Crippen LogP contribution in [0.3, 0.4) is 0 Å². The number of benzene rings is 1. The second-order valence-electron chi connectivity index (χ2n) is 3.75. The summed E-state index contributed by atoms with van der Waals surface area (Å²) in [4.78, 5) is 7.71. The third-order valence-electron chi connectivity index (χ3n) is 2.95. The average Bonchev–Trinajstić information content (AvgIpc) is 2.66. The average molecular weight is 184 g/mol. The zero-order valence-corrected chi connectivity index (χ0v) is 8.17. The van der Waals surface area contributed by atoms with Gasteiger partial charge in [0.25, 0.3) is 0 Å². The van der Waals surface area contributed by atoms with Crippen LogP contribution in [0.1, 0.15) is 18.1 Å². The molecule has 1 aliphatic rings. The predicted octanol–water partition coefficient (Wildman–Crippen LogP) is 2.53. The Bertz CT molecular complexity index is 520. The lowest BCUT2D eigenvalue weighted by Crippen LogP contribution is -2.09. The summed E-state index contributed by atoms with van der Waals surface area (Å²) in [6, 6.07) is 6.47. The molecule has 0 amide bonds. The summed E-state index contributed by atoms with van der Waals surface area (Å²) in [5.74, 6) is 0. The van der Waals surface area contributed by atoms with Gasteiger partial charge in [-0.25, -0.2) is 0 Å². The van der Waals surface area contributed by atoms with Gasteiger partial charge < -0.3 is 4.98 Å². The van der Waals surface area contributed by atoms with E-state index < -0.39 is 0 Å². The van der Waals surface area contributed by atoms with E-state index in [1.807, 2.05) is 6.20 Å². The number of hydrogen-bond donors (Lipinski definition) is 1. The van der Waals surface area contributed by atoms with Gasteiger partial charge in [-0.05, 0) is 36.6 Å². The first-order valence-electron chi connectivity index (χ1n) is 4.96. The fraction of sp³-hybridized carbons (Fsp3) is 0.250. The molecule has 0 radical (unpaired) electrons. The molecule has 0 spiro atoms. The number of aromatic nitrogens is 1. The zero-order chi connectivity index (χ0) is 9.54. The molecular weight excluding hydrogens is 172 g/mol. The Hall–Kier alpha value is -1.57. The van der Waals surface area contributed by atoms with E-state index in [1.165, 1.54) is 27.7 Å². The molecule has 70 valence electrons. The molecule has 1 aromatic carbocycles. The van der Waals surface area contributed by atoms with Crippen LogP contribution in [0.4, 0.5) is 0 Å². The number of aliphatic imine (C=N–C) groups is 1. The molecule has 3 rings (SSSR count). The normalized spacial score (nSPS) is 15.4. The Morgan fingerprint density at radius 2 is 2.21 bits per heavy atom. The highest BCUT2D eigenvalue weighted by atomic mass is 14.7. The molecule has 1 N–H and O–H groups in total. The van der Waals surface area contributed by atoms with E-state index in [2.05, 4.69) is 35.1 Å². The van der Waals surface area contributed by atoms with Crippen LogP contribution in [-0.4, -0.2) is 17.2 Å². The van der Waals surface area contributed by atoms with Gasteiger partial charge in [0.2, 0.25) is 0 Å². The summed E-state index contributed by atoms with van der Waals surface area (Å²) >= 11 is 0. The maximum atomic E-state index is 4.47. The summed E-state index contributed by atoms with van der Waals surface area (Å²) in [5.41, 5.74) is 5.19. The van der Waals surface area contributed by atoms with Crippen molar-refractivity contribution < 1.29 is 0 Å². The van der Waals surface area contributed by atoms with Crippen molar-refractivity contribution in [3.63, 3.8) is 0 Å². The molecule has 2 nitrogen and oxygen atoms in total. The Labute approximate surface area is 82.7 Å². The molecule has 14 heavy (non-hydrogen) atoms. The number of H-pyrrole nitrogens is 1. The van der Waals surface area contributed by atoms with Crippen LogP contribution in [0.2, 0.25) is 0 Å². The molecule has 0 unspecified atom stereocenters. The van der Waals surface area contributed by atoms with Crippen molar-refractivity contribution in [1.82, 2.24) is 4.98 Å². The van der Waals surface area contributed by atoms with Crippen LogP contribution in [0.15, 0.2) is 29.4 Å². The molecule has 2 heterocycles. The fourth-order valence-electron chi connectivity index (χ4n) is 2.22. The zero-order valence-electron chi connectivity index (χ0n) is 8.17. The van der Waals surface area contributed by atoms with Crippen LogP contribution in [0.5, 0.6) is 0 Å². The molecule has 0 saturated heterocycles. The Kier molecular flexibility index (Phi) is 1.51. The number of rotatable bonds is 0. The second kappa shape index (κ2) is 2.71. The van der Waals surface area contributed by atoms with Gasteiger partial charge in [-0.15, -0.1) is 0 Å². The van der Waals surface area contributed by atoms with Crippen LogP contribution in [0.25, 0.3) is 10.9 Å². The first kappa shape index (κ1) is 7.80. The van der Waals surface area contributed by atoms with Gasteiger partial charge in [-0.1, -0.05) is 6.07 Å². The minimum Gasteiger partial charge on any atom is -0.361 e. The van der Waals surface area contributed by atoms with E-state index in [9.17, 15) is 0 Å². The van der Waals surface area contributed by atoms with Crippen LogP contribution < -0.4 is 0 Å². The third-order valence-corrected chi connectivity index (χ3v) is 2.95. The van der Waals surface area contributed by atoms with Crippen molar-refractivity contribution >= 4 is 16.6 Å². The second-order valence-corrected chi connectivity index (χ2v) is 3.75. The highest BCUT2D eigenvalue weighted by Gasteiger charge is 2.13. The molecule has 0 fully saturated rings. The van der Waals surface area contributed by atoms with Gasteiger partial charge in [0.05, 0.1) is 0 Å². The highest BCUT2D eigenvalue weighted by Crippen LogP contribution is 2.25. The van der Waals surface area contributed by atoms with E-state index in [0.29, 0.717) is 0 Å². The number of fused-ring (bicyclic) bond motifs is 3. The molecule has 0 bridgehead atoms. The number of nitrogens with one attached hydrogen (secondary N) is 1. The van der Waals surface area contributed by atoms with Gasteiger partial charge in [0.1, 0.15) is 0 Å². The van der Waals surface area contributed by atoms with Gasteiger partial charge >= 0.3 is 0 Å². The van der Waals surface area contributed by atoms with E-state index >= 15 is 0 Å². The Balaban J connectivity index is 2.40. The van der Waals surface area contributed by atoms with E-state index in [1.54, 1.807) is 0 Å². The summed E-state index contributed by atoms with van der Waals surface area (Å²) in [6.45, 7) is 3.03. The van der Waals surface area contributed by atoms with Crippen molar-refractivity contribution in [3.05, 3.63) is 35.5 Å². The van der Waals surface area contributed by atoms with Crippen LogP contribution in [0, 0.1) is 0 Å². The largest absolute Gasteiger partial charge is 0.361 e. The first-order valence-corrected chi connectivity index (χ1v) is 4.96. The molecule has 0 saturated carbocycles. The summed E-state index contributed by atoms with van der Waals surface area (Å²) < 4.78 is 0. The van der Waals surface area contributed by atoms with Crippen molar-refractivity contribution in [3.8, 4) is 0 Å². The van der Waals surface area contributed by atoms with Crippen LogP contribution in [-0.2, 0) is 6.42 Å². The highest BCUT2D eigenvalue weighted by molar-refractivity contribution is 6.04. The lowest BCUT2D eigenvalue weighted by molar-refractivity contribution is 0.951. The summed E-state index contributed by atoms with van der Waals surface area (Å²) in [5, 5.41) is 1.36. The third kappa shape index (κ3) is 0.939. The quantitative estimate of drug-likeness (QED) is 0.651. The molecule has 0 aliphatic carbocycles. The number of aromatic amines is 1. The molecule has 2 heteroatoms. The van der Waals surface area contributed by atoms with E-state index in [4.69, 9.17) is 0 Å². The Morgan fingerprint density at radius 1 is 1.29 bits per heavy atom. The van der Waals surface area contributed by atoms with Crippen molar-refractivity contribution in [2.45, 2.75) is 13.3 Å². The van der Waals surface area contributed by atoms with E-state index in [-0.39, 0.29) is 0 Å². The maximum Gasteiger partial charge on any atom is 0.0457 e. The molecule has 1 aromatic heterocycles. The van der Waals surface area contributed by atoms with Gasteiger partial charge in [0.15, 0.2) is 0 Å². The SMILES string of the molecule is CC1=NCCc2c1ccc1[nH]ccc21. The topological polar surface area (TPSA) is 28.1 Å². The predicted molar refractivity (Wildman–Crippen MR) is 59.1 cm³/mol. The van der Waals surface area contributed by atoms with Gasteiger partial charge in [-0.2, -0.15) is 0 Å². The molecule has 0 atom stereocenters. The minimum absolute atomic E-state index is 0.934. The van der Waals surface area contributed by atoms with Gasteiger partial charge in [0, 0.05) is 29.4 Å². The number of nitrogens with zero attached hydrogens (tertiary/aromatic N) is 1. The van der Waals surface area contributed by atoms with Crippen molar-refractivity contribution in [1.29, 1.82) is 0 Å². The first-order chi connectivity index (χ1) is 6.86. The smallest absolute Gasteiger partial charge is 0.0457 e. The number of hydrogen-bond acceptors (Lipinski definition) is 1. The lowest BCUT2D eigenvalue weighted by atomic mass is 9.95. The van der Waals surface area contributed by atoms with Crippen LogP contribution >= 0.6 is 0 Å².